The van der Waals surface area contributed by atoms with Crippen molar-refractivity contribution in [2.75, 3.05) is 11.2 Å². The number of hydrogen-bond acceptors (Lipinski definition) is 6. The van der Waals surface area contributed by atoms with E-state index >= 15 is 0 Å². The zero-order valence-electron chi connectivity index (χ0n) is 7.47. The van der Waals surface area contributed by atoms with Gasteiger partial charge in [0.1, 0.15) is 5.69 Å². The second kappa shape index (κ2) is 4.13. The van der Waals surface area contributed by atoms with E-state index in [4.69, 9.17) is 5.73 Å². The Morgan fingerprint density at radius 2 is 2.20 bits per heavy atom. The van der Waals surface area contributed by atoms with Crippen LogP contribution < -0.4 is 16.9 Å². The summed E-state index contributed by atoms with van der Waals surface area (Å²) in [7, 11) is 0. The van der Waals surface area contributed by atoms with E-state index in [1.807, 2.05) is 0 Å². The first-order chi connectivity index (χ1) is 7.00. The molecular formula is C7H8N4O4. The number of nitrogens with one attached hydrogen (secondary N) is 1. The molecule has 1 amide bonds. The molecular weight excluding hydrogens is 204 g/mol. The van der Waals surface area contributed by atoms with Gasteiger partial charge in [-0.1, -0.05) is 0 Å². The van der Waals surface area contributed by atoms with Crippen molar-refractivity contribution in [3.05, 3.63) is 28.3 Å². The van der Waals surface area contributed by atoms with E-state index in [2.05, 4.69) is 16.1 Å². The average molecular weight is 212 g/mol. The van der Waals surface area contributed by atoms with Crippen molar-refractivity contribution in [3.63, 3.8) is 0 Å². The van der Waals surface area contributed by atoms with E-state index in [1.54, 1.807) is 0 Å². The molecule has 8 nitrogen and oxygen atoms in total. The van der Waals surface area contributed by atoms with Crippen LogP contribution in [0.3, 0.4) is 0 Å². The number of primary amides is 1. The number of hydrogen-bond donors (Lipinski definition) is 3. The summed E-state index contributed by atoms with van der Waals surface area (Å²) in [5.41, 5.74) is 12.1. The highest BCUT2D eigenvalue weighted by atomic mass is 16.7. The number of anilines is 2. The summed E-state index contributed by atoms with van der Waals surface area (Å²) in [5.74, 6) is 0. The van der Waals surface area contributed by atoms with Gasteiger partial charge in [-0.15, -0.1) is 0 Å². The van der Waals surface area contributed by atoms with Gasteiger partial charge in [0.05, 0.1) is 10.6 Å². The fourth-order valence-corrected chi connectivity index (χ4v) is 0.874. The maximum Gasteiger partial charge on any atom is 0.428 e. The maximum absolute atomic E-state index is 10.5. The molecule has 0 unspecified atom stereocenters. The molecule has 1 aromatic rings. The second-order valence-corrected chi connectivity index (χ2v) is 2.55. The van der Waals surface area contributed by atoms with Gasteiger partial charge in [-0.2, -0.15) is 0 Å². The maximum atomic E-state index is 10.5. The molecule has 0 spiro atoms. The van der Waals surface area contributed by atoms with Crippen LogP contribution in [0.2, 0.25) is 0 Å². The molecule has 0 radical (unpaired) electrons. The van der Waals surface area contributed by atoms with Crippen molar-refractivity contribution in [1.82, 2.24) is 0 Å². The van der Waals surface area contributed by atoms with Crippen LogP contribution in [0.5, 0.6) is 0 Å². The zero-order chi connectivity index (χ0) is 11.4. The first-order valence-corrected chi connectivity index (χ1v) is 3.77. The first kappa shape index (κ1) is 10.6. The third-order valence-electron chi connectivity index (χ3n) is 1.50. The van der Waals surface area contributed by atoms with Gasteiger partial charge in [0.2, 0.25) is 0 Å². The predicted molar refractivity (Wildman–Crippen MR) is 51.8 cm³/mol. The van der Waals surface area contributed by atoms with Crippen LogP contribution in [0.4, 0.5) is 21.9 Å². The topological polar surface area (TPSA) is 134 Å². The molecule has 15 heavy (non-hydrogen) atoms. The number of carbonyl (C=O) groups is 1. The van der Waals surface area contributed by atoms with E-state index < -0.39 is 11.0 Å². The van der Waals surface area contributed by atoms with E-state index in [9.17, 15) is 14.9 Å². The van der Waals surface area contributed by atoms with Crippen LogP contribution in [0, 0.1) is 10.1 Å². The molecule has 0 fully saturated rings. The van der Waals surface area contributed by atoms with Gasteiger partial charge in [-0.3, -0.25) is 10.1 Å². The molecule has 0 saturated carbocycles. The van der Waals surface area contributed by atoms with Gasteiger partial charge < -0.3 is 16.3 Å². The second-order valence-electron chi connectivity index (χ2n) is 2.55. The first-order valence-electron chi connectivity index (χ1n) is 3.77. The largest absolute Gasteiger partial charge is 0.428 e. The Morgan fingerprint density at radius 3 is 2.73 bits per heavy atom. The third-order valence-corrected chi connectivity index (χ3v) is 1.50. The van der Waals surface area contributed by atoms with Gasteiger partial charge in [0, 0.05) is 6.07 Å². The van der Waals surface area contributed by atoms with Crippen LogP contribution in [-0.2, 0) is 4.84 Å². The molecule has 5 N–H and O–H groups in total. The number of nitrogens with two attached hydrogens (primary N) is 2. The molecule has 8 heteroatoms. The van der Waals surface area contributed by atoms with Gasteiger partial charge in [0.25, 0.3) is 5.69 Å². The molecule has 0 heterocycles. The van der Waals surface area contributed by atoms with Crippen LogP contribution in [0.25, 0.3) is 0 Å². The highest BCUT2D eigenvalue weighted by Gasteiger charge is 2.12. The highest BCUT2D eigenvalue weighted by Crippen LogP contribution is 2.24. The quantitative estimate of drug-likeness (QED) is 0.381. The molecule has 0 bridgehead atoms. The number of nitrogen functional groups attached to an aromatic ring is 1. The lowest BCUT2D eigenvalue weighted by Crippen LogP contribution is -2.17. The minimum absolute atomic E-state index is 0.0182. The lowest BCUT2D eigenvalue weighted by molar-refractivity contribution is -0.383. The van der Waals surface area contributed by atoms with Crippen LogP contribution in [-0.4, -0.2) is 11.0 Å². The Labute approximate surface area is 83.9 Å². The number of benzene rings is 1. The fraction of sp³-hybridized carbons (Fsp3) is 0. The minimum Gasteiger partial charge on any atom is -0.393 e. The SMILES string of the molecule is NC(=O)ONc1ccc(N)c([N+](=O)[O-])c1. The summed E-state index contributed by atoms with van der Waals surface area (Å²) in [6.45, 7) is 0. The average Bonchev–Trinajstić information content (AvgIpc) is 2.16. The molecule has 1 rings (SSSR count). The standard InChI is InChI=1S/C7H8N4O4/c8-5-2-1-4(10-15-7(9)12)3-6(5)11(13)14/h1-3,10H,8H2,(H2,9,12). The van der Waals surface area contributed by atoms with Crippen molar-refractivity contribution >= 4 is 23.2 Å². The van der Waals surface area contributed by atoms with E-state index in [0.717, 1.165) is 6.07 Å². The Morgan fingerprint density at radius 1 is 1.53 bits per heavy atom. The van der Waals surface area contributed by atoms with Gasteiger partial charge in [-0.25, -0.2) is 10.3 Å². The number of amides is 1. The summed E-state index contributed by atoms with van der Waals surface area (Å²) in [6, 6.07) is 3.84. The van der Waals surface area contributed by atoms with E-state index in [1.165, 1.54) is 12.1 Å². The number of nitrogens with zero attached hydrogens (tertiary/aromatic N) is 1. The summed E-state index contributed by atoms with van der Waals surface area (Å²) >= 11 is 0. The molecule has 0 aromatic heterocycles. The van der Waals surface area contributed by atoms with Crippen molar-refractivity contribution < 1.29 is 14.6 Å². The van der Waals surface area contributed by atoms with E-state index in [-0.39, 0.29) is 17.1 Å². The summed E-state index contributed by atoms with van der Waals surface area (Å²) in [6.07, 6.45) is -1.05. The van der Waals surface area contributed by atoms with Crippen LogP contribution >= 0.6 is 0 Å². The van der Waals surface area contributed by atoms with E-state index in [0.29, 0.717) is 0 Å². The Bertz CT molecular complexity index is 406. The van der Waals surface area contributed by atoms with Gasteiger partial charge in [-0.05, 0) is 12.1 Å². The van der Waals surface area contributed by atoms with Crippen LogP contribution in [0.1, 0.15) is 0 Å². The Hall–Kier alpha value is -2.51. The monoisotopic (exact) mass is 212 g/mol. The molecule has 0 saturated heterocycles. The molecule has 80 valence electrons. The van der Waals surface area contributed by atoms with Crippen LogP contribution in [0.15, 0.2) is 18.2 Å². The molecule has 0 aliphatic heterocycles. The predicted octanol–water partition coefficient (Wildman–Crippen LogP) is 0.599. The minimum atomic E-state index is -1.05. The fourth-order valence-electron chi connectivity index (χ4n) is 0.874. The summed E-state index contributed by atoms with van der Waals surface area (Å²) in [4.78, 5) is 24.3. The molecule has 0 aliphatic rings. The number of rotatable bonds is 3. The molecule has 0 atom stereocenters. The van der Waals surface area contributed by atoms with Gasteiger partial charge in [0.15, 0.2) is 0 Å². The van der Waals surface area contributed by atoms with Crippen molar-refractivity contribution in [1.29, 1.82) is 0 Å². The normalized spacial score (nSPS) is 9.33. The number of nitro benzene ring substituents is 1. The highest BCUT2D eigenvalue weighted by molar-refractivity contribution is 5.68. The summed E-state index contributed by atoms with van der Waals surface area (Å²) in [5, 5.41) is 10.5. The number of carbonyl (C=O) groups excluding carboxylic acids is 1. The smallest absolute Gasteiger partial charge is 0.393 e. The lowest BCUT2D eigenvalue weighted by atomic mass is 10.2. The van der Waals surface area contributed by atoms with Gasteiger partial charge >= 0.3 is 6.09 Å². The third kappa shape index (κ3) is 2.72. The number of nitro groups is 1. The van der Waals surface area contributed by atoms with Crippen molar-refractivity contribution in [2.45, 2.75) is 0 Å². The Balaban J connectivity index is 2.87. The lowest BCUT2D eigenvalue weighted by Gasteiger charge is -2.04. The van der Waals surface area contributed by atoms with Crippen molar-refractivity contribution in [3.8, 4) is 0 Å². The molecule has 1 aromatic carbocycles. The Kier molecular flexibility index (Phi) is 2.91. The summed E-state index contributed by atoms with van der Waals surface area (Å²) < 4.78 is 0. The zero-order valence-corrected chi connectivity index (χ0v) is 7.47. The van der Waals surface area contributed by atoms with Crippen molar-refractivity contribution in [2.24, 2.45) is 5.73 Å². The molecule has 0 aliphatic carbocycles.